The zero-order valence-electron chi connectivity index (χ0n) is 14.4. The van der Waals surface area contributed by atoms with E-state index < -0.39 is 0 Å². The highest BCUT2D eigenvalue weighted by Crippen LogP contribution is 2.33. The van der Waals surface area contributed by atoms with Crippen molar-refractivity contribution in [1.82, 2.24) is 14.5 Å². The molecule has 3 aromatic heterocycles. The molecule has 0 atom stereocenters. The number of imidazole rings is 1. The number of hydrogen-bond acceptors (Lipinski definition) is 4. The van der Waals surface area contributed by atoms with E-state index >= 15 is 0 Å². The van der Waals surface area contributed by atoms with Crippen LogP contribution < -0.4 is 5.32 Å². The van der Waals surface area contributed by atoms with E-state index in [2.05, 4.69) is 68.5 Å². The average Bonchev–Trinajstić information content (AvgIpc) is 3.42. The van der Waals surface area contributed by atoms with E-state index in [-0.39, 0.29) is 0 Å². The molecule has 0 spiro atoms. The minimum absolute atomic E-state index is 0.854. The lowest BCUT2D eigenvalue weighted by Gasteiger charge is -2.12. The van der Waals surface area contributed by atoms with Crippen LogP contribution in [0.3, 0.4) is 0 Å². The van der Waals surface area contributed by atoms with E-state index in [4.69, 9.17) is 0 Å². The minimum Gasteiger partial charge on any atom is -0.340 e. The molecule has 4 nitrogen and oxygen atoms in total. The largest absolute Gasteiger partial charge is 0.340 e. The van der Waals surface area contributed by atoms with Gasteiger partial charge in [-0.05, 0) is 57.6 Å². The molecule has 0 bridgehead atoms. The van der Waals surface area contributed by atoms with Crippen LogP contribution in [-0.2, 0) is 0 Å². The van der Waals surface area contributed by atoms with Crippen molar-refractivity contribution in [2.45, 2.75) is 0 Å². The van der Waals surface area contributed by atoms with Gasteiger partial charge in [0.2, 0.25) is 0 Å². The molecule has 0 aliphatic heterocycles. The van der Waals surface area contributed by atoms with Gasteiger partial charge in [0.25, 0.3) is 0 Å². The molecular weight excluding hydrogens is 352 g/mol. The first-order chi connectivity index (χ1) is 13.4. The van der Waals surface area contributed by atoms with Gasteiger partial charge in [-0.2, -0.15) is 11.3 Å². The summed E-state index contributed by atoms with van der Waals surface area (Å²) in [7, 11) is 0. The van der Waals surface area contributed by atoms with Gasteiger partial charge in [-0.3, -0.25) is 0 Å². The molecular formula is C22H16N4S. The second-order valence-corrected chi connectivity index (χ2v) is 7.00. The Labute approximate surface area is 160 Å². The van der Waals surface area contributed by atoms with Crippen LogP contribution in [0.5, 0.6) is 0 Å². The second-order valence-electron chi connectivity index (χ2n) is 6.22. The first-order valence-corrected chi connectivity index (χ1v) is 9.58. The van der Waals surface area contributed by atoms with Crippen molar-refractivity contribution in [2.24, 2.45) is 0 Å². The molecule has 0 fully saturated rings. The number of nitrogens with one attached hydrogen (secondary N) is 1. The highest BCUT2D eigenvalue weighted by atomic mass is 32.1. The van der Waals surface area contributed by atoms with Crippen molar-refractivity contribution in [3.8, 4) is 16.8 Å². The first-order valence-electron chi connectivity index (χ1n) is 8.64. The Bertz CT molecular complexity index is 1190. The summed E-state index contributed by atoms with van der Waals surface area (Å²) in [6, 6.07) is 18.8. The zero-order chi connectivity index (χ0) is 18.1. The molecule has 5 heteroatoms. The Morgan fingerprint density at radius 2 is 1.89 bits per heavy atom. The summed E-state index contributed by atoms with van der Waals surface area (Å²) in [6.07, 6.45) is 7.36. The number of hydrogen-bond donors (Lipinski definition) is 1. The molecule has 0 aliphatic carbocycles. The standard InChI is InChI=1S/C22H16N4S/c1-3-17(13-18(4-1)26-11-10-23-15-26)25-22-21-6-2-5-19(16-8-12-27-14-16)20(21)7-9-24-22/h1-15H,(H,24,25). The van der Waals surface area contributed by atoms with Gasteiger partial charge in [0.05, 0.1) is 6.33 Å². The normalized spacial score (nSPS) is 11.0. The molecule has 2 aromatic carbocycles. The summed E-state index contributed by atoms with van der Waals surface area (Å²) in [5.74, 6) is 0.854. The predicted octanol–water partition coefficient (Wildman–Crippen LogP) is 5.89. The monoisotopic (exact) mass is 368 g/mol. The third-order valence-corrected chi connectivity index (χ3v) is 5.23. The van der Waals surface area contributed by atoms with Crippen molar-refractivity contribution in [3.63, 3.8) is 0 Å². The van der Waals surface area contributed by atoms with Gasteiger partial charge < -0.3 is 9.88 Å². The topological polar surface area (TPSA) is 42.7 Å². The summed E-state index contributed by atoms with van der Waals surface area (Å²) in [4.78, 5) is 8.71. The molecule has 0 aliphatic rings. The Hall–Kier alpha value is -3.44. The van der Waals surface area contributed by atoms with Crippen LogP contribution in [0, 0.1) is 0 Å². The fraction of sp³-hybridized carbons (Fsp3) is 0. The Morgan fingerprint density at radius 3 is 2.74 bits per heavy atom. The quantitative estimate of drug-likeness (QED) is 0.430. The van der Waals surface area contributed by atoms with Gasteiger partial charge in [-0.15, -0.1) is 0 Å². The summed E-state index contributed by atoms with van der Waals surface area (Å²) < 4.78 is 1.98. The lowest BCUT2D eigenvalue weighted by molar-refractivity contribution is 1.06. The van der Waals surface area contributed by atoms with Crippen molar-refractivity contribution in [3.05, 3.63) is 90.3 Å². The zero-order valence-corrected chi connectivity index (χ0v) is 15.2. The SMILES string of the molecule is c1cc(Nc2nccc3c(-c4ccsc4)cccc23)cc(-n2ccnc2)c1. The Morgan fingerprint density at radius 1 is 0.926 bits per heavy atom. The molecule has 130 valence electrons. The fourth-order valence-electron chi connectivity index (χ4n) is 3.27. The summed E-state index contributed by atoms with van der Waals surface area (Å²) >= 11 is 1.71. The minimum atomic E-state index is 0.854. The fourth-order valence-corrected chi connectivity index (χ4v) is 3.92. The molecule has 5 aromatic rings. The molecule has 0 radical (unpaired) electrons. The van der Waals surface area contributed by atoms with Gasteiger partial charge in [-0.1, -0.05) is 24.3 Å². The smallest absolute Gasteiger partial charge is 0.138 e. The van der Waals surface area contributed by atoms with E-state index in [0.29, 0.717) is 0 Å². The van der Waals surface area contributed by atoms with Crippen LogP contribution in [0.15, 0.2) is 90.3 Å². The van der Waals surface area contributed by atoms with E-state index in [1.807, 2.05) is 29.1 Å². The van der Waals surface area contributed by atoms with Gasteiger partial charge in [0, 0.05) is 35.4 Å². The van der Waals surface area contributed by atoms with Crippen LogP contribution in [0.4, 0.5) is 11.5 Å². The van der Waals surface area contributed by atoms with Crippen LogP contribution in [-0.4, -0.2) is 14.5 Å². The van der Waals surface area contributed by atoms with Gasteiger partial charge in [0.15, 0.2) is 0 Å². The summed E-state index contributed by atoms with van der Waals surface area (Å²) in [5, 5.41) is 10.1. The molecule has 0 saturated heterocycles. The maximum Gasteiger partial charge on any atom is 0.138 e. The molecule has 0 saturated carbocycles. The number of pyridine rings is 1. The number of rotatable bonds is 4. The lowest BCUT2D eigenvalue weighted by atomic mass is 10.0. The Balaban J connectivity index is 1.57. The molecule has 0 unspecified atom stereocenters. The molecule has 1 N–H and O–H groups in total. The van der Waals surface area contributed by atoms with E-state index in [1.165, 1.54) is 16.5 Å². The molecule has 3 heterocycles. The number of aromatic nitrogens is 3. The average molecular weight is 368 g/mol. The number of nitrogens with zero attached hydrogens (tertiary/aromatic N) is 3. The van der Waals surface area contributed by atoms with Crippen LogP contribution in [0.1, 0.15) is 0 Å². The molecule has 0 amide bonds. The highest BCUT2D eigenvalue weighted by Gasteiger charge is 2.09. The number of benzene rings is 2. The maximum absolute atomic E-state index is 4.59. The van der Waals surface area contributed by atoms with Crippen molar-refractivity contribution < 1.29 is 0 Å². The van der Waals surface area contributed by atoms with Crippen molar-refractivity contribution in [1.29, 1.82) is 0 Å². The first kappa shape index (κ1) is 15.8. The van der Waals surface area contributed by atoms with E-state index in [9.17, 15) is 0 Å². The summed E-state index contributed by atoms with van der Waals surface area (Å²) in [5.41, 5.74) is 4.51. The van der Waals surface area contributed by atoms with Gasteiger partial charge >= 0.3 is 0 Å². The maximum atomic E-state index is 4.59. The molecule has 27 heavy (non-hydrogen) atoms. The van der Waals surface area contributed by atoms with Crippen molar-refractivity contribution >= 4 is 33.6 Å². The third-order valence-electron chi connectivity index (χ3n) is 4.55. The van der Waals surface area contributed by atoms with E-state index in [1.54, 1.807) is 23.9 Å². The predicted molar refractivity (Wildman–Crippen MR) is 112 cm³/mol. The number of anilines is 2. The lowest BCUT2D eigenvalue weighted by Crippen LogP contribution is -1.97. The van der Waals surface area contributed by atoms with Crippen molar-refractivity contribution in [2.75, 3.05) is 5.32 Å². The number of thiophene rings is 1. The van der Waals surface area contributed by atoms with Gasteiger partial charge in [-0.25, -0.2) is 9.97 Å². The number of fused-ring (bicyclic) bond motifs is 1. The van der Waals surface area contributed by atoms with E-state index in [0.717, 1.165) is 22.6 Å². The Kier molecular flexibility index (Phi) is 3.92. The van der Waals surface area contributed by atoms with Crippen LogP contribution >= 0.6 is 11.3 Å². The second kappa shape index (κ2) is 6.70. The van der Waals surface area contributed by atoms with Gasteiger partial charge in [0.1, 0.15) is 5.82 Å². The highest BCUT2D eigenvalue weighted by molar-refractivity contribution is 7.08. The van der Waals surface area contributed by atoms with Crippen LogP contribution in [0.2, 0.25) is 0 Å². The third kappa shape index (κ3) is 2.98. The van der Waals surface area contributed by atoms with Crippen LogP contribution in [0.25, 0.3) is 27.6 Å². The molecule has 5 rings (SSSR count). The summed E-state index contributed by atoms with van der Waals surface area (Å²) in [6.45, 7) is 0.